The monoisotopic (exact) mass is 736 g/mol. The third-order valence-electron chi connectivity index (χ3n) is 5.34. The molecular formula is C30H38FN12NaO8. The van der Waals surface area contributed by atoms with Gasteiger partial charge in [-0.2, -0.15) is 5.10 Å². The van der Waals surface area contributed by atoms with Crippen molar-refractivity contribution in [2.75, 3.05) is 33.7 Å². The maximum Gasteiger partial charge on any atom is 1.00 e. The molecule has 0 amide bonds. The minimum absolute atomic E-state index is 0. The number of methoxy groups -OCH3 is 3. The van der Waals surface area contributed by atoms with Gasteiger partial charge in [0, 0.05) is 55.7 Å². The zero-order chi connectivity index (χ0) is 36.9. The van der Waals surface area contributed by atoms with Crippen LogP contribution in [0.25, 0.3) is 11.4 Å². The summed E-state index contributed by atoms with van der Waals surface area (Å²) < 4.78 is 29.9. The molecule has 0 atom stereocenters. The van der Waals surface area contributed by atoms with Crippen molar-refractivity contribution in [3.63, 3.8) is 0 Å². The van der Waals surface area contributed by atoms with E-state index in [9.17, 15) is 24.6 Å². The Bertz CT molecular complexity index is 1900. The Morgan fingerprint density at radius 2 is 1.29 bits per heavy atom. The first-order valence-corrected chi connectivity index (χ1v) is 14.0. The van der Waals surface area contributed by atoms with E-state index >= 15 is 0 Å². The molecular weight excluding hydrogens is 698 g/mol. The molecule has 6 rings (SSSR count). The molecule has 0 aliphatic carbocycles. The Morgan fingerprint density at radius 3 is 1.63 bits per heavy atom. The Hall–Kier alpha value is -6.03. The van der Waals surface area contributed by atoms with E-state index in [-0.39, 0.29) is 62.5 Å². The molecule has 0 radical (unpaired) electrons. The van der Waals surface area contributed by atoms with Crippen molar-refractivity contribution in [2.45, 2.75) is 14.4 Å². The standard InChI is InChI=1S/C9H8N4O3.C9H10N4O.C6H6FNO.C3H3N3O2.C2H6O.CH4.Na.H/c1-16-9-6-7(2-4-10-9)12-5-3-8(11-12)13(14)15;1-14-9-6-7(2-4-11-9)13-5-3-8(10)12-13;1-9-6-4-5(7)2-3-8-6;7-6(8)3-1-2-4-5-3;1-2-3;;;/h2-6H,1H3;2-6H,1H3,(H2,10,12);2-4H,1H3;1-2H,(H,4,5);3H,2H2,1H3;1H4;;/q;;;;;;+1;-1. The molecule has 0 saturated carbocycles. The number of hydrogen-bond acceptors (Lipinski definition) is 15. The number of hydrogen-bond donors (Lipinski definition) is 3. The van der Waals surface area contributed by atoms with E-state index in [1.807, 2.05) is 6.07 Å². The number of nitrogens with zero attached hydrogens (tertiary/aromatic N) is 10. The van der Waals surface area contributed by atoms with Gasteiger partial charge in [-0.25, -0.2) is 24.0 Å². The second kappa shape index (κ2) is 25.0. The minimum atomic E-state index is -0.547. The van der Waals surface area contributed by atoms with Crippen LogP contribution in [0.3, 0.4) is 0 Å². The predicted octanol–water partition coefficient (Wildman–Crippen LogP) is 1.34. The largest absolute Gasteiger partial charge is 1.00 e. The zero-order valence-corrected chi connectivity index (χ0v) is 30.1. The van der Waals surface area contributed by atoms with Crippen LogP contribution in [0, 0.1) is 26.0 Å². The SMILES string of the molecule is C.CCO.COc1cc(-n2ccc(N)n2)ccn1.COc1cc(-n2ccc([N+](=O)[O-])n2)ccn1.COc1cc(F)ccn1.O=[N+]([O-])c1ccn[nH]1.[H-].[Na+]. The van der Waals surface area contributed by atoms with Crippen LogP contribution in [0.5, 0.6) is 17.6 Å². The number of halogens is 1. The van der Waals surface area contributed by atoms with Crippen LogP contribution in [0.2, 0.25) is 0 Å². The number of nitrogen functional groups attached to an aromatic ring is 1. The van der Waals surface area contributed by atoms with Crippen molar-refractivity contribution in [3.05, 3.63) is 118 Å². The van der Waals surface area contributed by atoms with Crippen LogP contribution in [0.4, 0.5) is 21.8 Å². The van der Waals surface area contributed by atoms with Crippen molar-refractivity contribution in [3.8, 4) is 29.0 Å². The number of aromatic amines is 1. The van der Waals surface area contributed by atoms with Gasteiger partial charge in [0.05, 0.1) is 62.3 Å². The quantitative estimate of drug-likeness (QED) is 0.119. The number of nitro groups is 2. The number of ether oxygens (including phenoxy) is 3. The van der Waals surface area contributed by atoms with Crippen LogP contribution < -0.4 is 49.5 Å². The maximum absolute atomic E-state index is 12.2. The number of aliphatic hydroxyl groups excluding tert-OH is 1. The first-order chi connectivity index (χ1) is 24.0. The Kier molecular flexibility index (Phi) is 22.1. The summed E-state index contributed by atoms with van der Waals surface area (Å²) in [6, 6.07) is 13.8. The van der Waals surface area contributed by atoms with Crippen LogP contribution in [0.1, 0.15) is 15.8 Å². The summed E-state index contributed by atoms with van der Waals surface area (Å²) in [5.41, 5.74) is 7.03. The molecule has 6 aromatic heterocycles. The molecule has 22 heteroatoms. The van der Waals surface area contributed by atoms with Crippen molar-refractivity contribution >= 4 is 17.5 Å². The molecule has 274 valence electrons. The van der Waals surface area contributed by atoms with Crippen molar-refractivity contribution in [2.24, 2.45) is 0 Å². The minimum Gasteiger partial charge on any atom is -1.00 e. The topological polar surface area (TPSA) is 263 Å². The van der Waals surface area contributed by atoms with Gasteiger partial charge < -0.3 is 46.7 Å². The number of aliphatic hydroxyl groups is 1. The molecule has 4 N–H and O–H groups in total. The third-order valence-corrected chi connectivity index (χ3v) is 5.34. The smallest absolute Gasteiger partial charge is 1.00 e. The Morgan fingerprint density at radius 1 is 0.808 bits per heavy atom. The van der Waals surface area contributed by atoms with Crippen LogP contribution in [-0.2, 0) is 0 Å². The van der Waals surface area contributed by atoms with E-state index < -0.39 is 9.85 Å². The number of H-pyrrole nitrogens is 1. The van der Waals surface area contributed by atoms with E-state index in [4.69, 9.17) is 20.3 Å². The fourth-order valence-corrected chi connectivity index (χ4v) is 3.19. The van der Waals surface area contributed by atoms with Gasteiger partial charge >= 0.3 is 41.2 Å². The summed E-state index contributed by atoms with van der Waals surface area (Å²) >= 11 is 0. The van der Waals surface area contributed by atoms with Gasteiger partial charge in [-0.15, -0.1) is 9.78 Å². The normalized spacial score (nSPS) is 9.12. The number of anilines is 1. The molecule has 0 aliphatic heterocycles. The molecule has 0 spiro atoms. The fourth-order valence-electron chi connectivity index (χ4n) is 3.19. The van der Waals surface area contributed by atoms with Crippen molar-refractivity contribution < 1.29 is 64.5 Å². The Labute approximate surface area is 320 Å². The number of rotatable bonds is 7. The molecule has 6 aromatic rings. The van der Waals surface area contributed by atoms with Gasteiger partial charge in [0.1, 0.15) is 11.6 Å². The predicted molar refractivity (Wildman–Crippen MR) is 183 cm³/mol. The molecule has 0 unspecified atom stereocenters. The number of nitrogens with one attached hydrogen (secondary N) is 1. The summed E-state index contributed by atoms with van der Waals surface area (Å²) in [5, 5.41) is 41.2. The second-order valence-electron chi connectivity index (χ2n) is 8.71. The van der Waals surface area contributed by atoms with Crippen molar-refractivity contribution in [1.29, 1.82) is 0 Å². The molecule has 0 saturated heterocycles. The summed E-state index contributed by atoms with van der Waals surface area (Å²) in [6.07, 6.45) is 9.18. The third kappa shape index (κ3) is 16.1. The molecule has 0 bridgehead atoms. The number of pyridine rings is 3. The van der Waals surface area contributed by atoms with Gasteiger partial charge in [0.2, 0.25) is 17.6 Å². The summed E-state index contributed by atoms with van der Waals surface area (Å²) in [7, 11) is 4.52. The molecule has 0 aromatic carbocycles. The van der Waals surface area contributed by atoms with Gasteiger partial charge in [-0.3, -0.25) is 0 Å². The first kappa shape index (κ1) is 46.0. The first-order valence-electron chi connectivity index (χ1n) is 14.0. The van der Waals surface area contributed by atoms with E-state index in [1.54, 1.807) is 61.6 Å². The summed E-state index contributed by atoms with van der Waals surface area (Å²) in [4.78, 5) is 30.8. The van der Waals surface area contributed by atoms with Crippen LogP contribution >= 0.6 is 0 Å². The maximum atomic E-state index is 12.2. The average Bonchev–Trinajstić information content (AvgIpc) is 3.93. The van der Waals surface area contributed by atoms with Gasteiger partial charge in [-0.05, 0) is 35.0 Å². The summed E-state index contributed by atoms with van der Waals surface area (Å²) in [6.45, 7) is 1.93. The van der Waals surface area contributed by atoms with Gasteiger partial charge in [0.25, 0.3) is 0 Å². The van der Waals surface area contributed by atoms with E-state index in [0.717, 1.165) is 5.69 Å². The molecule has 52 heavy (non-hydrogen) atoms. The Balaban J connectivity index is 0. The van der Waals surface area contributed by atoms with E-state index in [2.05, 4.69) is 40.1 Å². The van der Waals surface area contributed by atoms with Crippen LogP contribution in [-0.4, -0.2) is 87.6 Å². The van der Waals surface area contributed by atoms with Crippen LogP contribution in [0.15, 0.2) is 91.8 Å². The fraction of sp³-hybridized carbons (Fsp3) is 0.200. The molecule has 0 aliphatic rings. The second-order valence-corrected chi connectivity index (χ2v) is 8.71. The zero-order valence-electron chi connectivity index (χ0n) is 29.1. The van der Waals surface area contributed by atoms with Gasteiger partial charge in [0.15, 0.2) is 0 Å². The number of aromatic nitrogens is 9. The van der Waals surface area contributed by atoms with E-state index in [1.165, 1.54) is 61.8 Å². The molecule has 0 fully saturated rings. The van der Waals surface area contributed by atoms with E-state index in [0.29, 0.717) is 29.1 Å². The number of nitrogens with two attached hydrogens (primary N) is 1. The average molecular weight is 737 g/mol. The molecule has 20 nitrogen and oxygen atoms in total. The summed E-state index contributed by atoms with van der Waals surface area (Å²) in [5.74, 6) is 1.16. The van der Waals surface area contributed by atoms with Crippen molar-refractivity contribution in [1.82, 2.24) is 44.7 Å². The van der Waals surface area contributed by atoms with Gasteiger partial charge in [-0.1, -0.05) is 12.5 Å². The molecule has 6 heterocycles.